The highest BCUT2D eigenvalue weighted by molar-refractivity contribution is 6.02. The summed E-state index contributed by atoms with van der Waals surface area (Å²) >= 11 is 0. The molecule has 2 aromatic carbocycles. The van der Waals surface area contributed by atoms with Crippen LogP contribution < -0.4 is 5.43 Å². The molecule has 0 fully saturated rings. The van der Waals surface area contributed by atoms with Gasteiger partial charge in [0, 0.05) is 6.07 Å². The predicted octanol–water partition coefficient (Wildman–Crippen LogP) is 4.05. The third-order valence-electron chi connectivity index (χ3n) is 3.84. The lowest BCUT2D eigenvalue weighted by Crippen LogP contribution is -2.20. The van der Waals surface area contributed by atoms with Gasteiger partial charge in [0.2, 0.25) is 0 Å². The lowest BCUT2D eigenvalue weighted by Gasteiger charge is -2.19. The standard InChI is InChI=1S/C19H21N3O3/c1-13(14-9-11-15(12-10-14)19(2,3)4)20-21-18(23)16-7-5-6-8-17(16)22(24)25/h5-12H,1-4H3,(H,21,23)/b20-13-. The van der Waals surface area contributed by atoms with Crippen LogP contribution in [0.1, 0.15) is 49.2 Å². The first kappa shape index (κ1) is 18.3. The maximum atomic E-state index is 12.2. The summed E-state index contributed by atoms with van der Waals surface area (Å²) in [6.45, 7) is 8.17. The van der Waals surface area contributed by atoms with Crippen LogP contribution in [0, 0.1) is 10.1 Å². The van der Waals surface area contributed by atoms with Gasteiger partial charge in [0.25, 0.3) is 11.6 Å². The van der Waals surface area contributed by atoms with Crippen molar-refractivity contribution in [1.82, 2.24) is 5.43 Å². The van der Waals surface area contributed by atoms with E-state index in [0.29, 0.717) is 5.71 Å². The highest BCUT2D eigenvalue weighted by Crippen LogP contribution is 2.22. The van der Waals surface area contributed by atoms with E-state index < -0.39 is 10.8 Å². The lowest BCUT2D eigenvalue weighted by molar-refractivity contribution is -0.385. The van der Waals surface area contributed by atoms with Gasteiger partial charge in [-0.05, 0) is 29.5 Å². The van der Waals surface area contributed by atoms with Gasteiger partial charge in [-0.25, -0.2) is 5.43 Å². The van der Waals surface area contributed by atoms with Crippen LogP contribution in [0.4, 0.5) is 5.69 Å². The summed E-state index contributed by atoms with van der Waals surface area (Å²) in [6.07, 6.45) is 0. The molecular formula is C19H21N3O3. The third kappa shape index (κ3) is 4.50. The van der Waals surface area contributed by atoms with Gasteiger partial charge < -0.3 is 0 Å². The van der Waals surface area contributed by atoms with Crippen LogP contribution in [0.2, 0.25) is 0 Å². The number of hydrogen-bond donors (Lipinski definition) is 1. The summed E-state index contributed by atoms with van der Waals surface area (Å²) in [4.78, 5) is 22.6. The molecule has 0 heterocycles. The number of carbonyl (C=O) groups excluding carboxylic acids is 1. The van der Waals surface area contributed by atoms with Gasteiger partial charge in [0.1, 0.15) is 5.56 Å². The molecular weight excluding hydrogens is 318 g/mol. The van der Waals surface area contributed by atoms with E-state index in [4.69, 9.17) is 0 Å². The van der Waals surface area contributed by atoms with Gasteiger partial charge in [-0.15, -0.1) is 0 Å². The number of nitro groups is 1. The first-order chi connectivity index (χ1) is 11.7. The normalized spacial score (nSPS) is 11.9. The summed E-state index contributed by atoms with van der Waals surface area (Å²) in [5.41, 5.74) is 4.86. The fourth-order valence-corrected chi connectivity index (χ4v) is 2.30. The van der Waals surface area contributed by atoms with E-state index in [9.17, 15) is 14.9 Å². The zero-order valence-electron chi connectivity index (χ0n) is 14.7. The average molecular weight is 339 g/mol. The Morgan fingerprint density at radius 1 is 1.08 bits per heavy atom. The minimum atomic E-state index is -0.613. The van der Waals surface area contributed by atoms with Crippen LogP contribution in [0.15, 0.2) is 53.6 Å². The molecule has 0 saturated heterocycles. The fraction of sp³-hybridized carbons (Fsp3) is 0.263. The van der Waals surface area contributed by atoms with Crippen molar-refractivity contribution in [2.75, 3.05) is 0 Å². The van der Waals surface area contributed by atoms with Crippen LogP contribution in [-0.2, 0) is 5.41 Å². The summed E-state index contributed by atoms with van der Waals surface area (Å²) in [6, 6.07) is 13.7. The van der Waals surface area contributed by atoms with Gasteiger partial charge in [-0.3, -0.25) is 14.9 Å². The Bertz CT molecular complexity index is 819. The zero-order chi connectivity index (χ0) is 18.6. The molecule has 6 heteroatoms. The van der Waals surface area contributed by atoms with Crippen molar-refractivity contribution in [3.8, 4) is 0 Å². The monoisotopic (exact) mass is 339 g/mol. The molecule has 25 heavy (non-hydrogen) atoms. The minimum absolute atomic E-state index is 0.0212. The Morgan fingerprint density at radius 2 is 1.68 bits per heavy atom. The van der Waals surface area contributed by atoms with Gasteiger partial charge in [-0.1, -0.05) is 57.2 Å². The van der Waals surface area contributed by atoms with E-state index in [0.717, 1.165) is 5.56 Å². The Labute approximate surface area is 146 Å². The zero-order valence-corrected chi connectivity index (χ0v) is 14.7. The molecule has 6 nitrogen and oxygen atoms in total. The Balaban J connectivity index is 2.16. The molecule has 0 unspecified atom stereocenters. The number of amides is 1. The van der Waals surface area contributed by atoms with E-state index in [1.54, 1.807) is 13.0 Å². The van der Waals surface area contributed by atoms with Crippen molar-refractivity contribution in [3.63, 3.8) is 0 Å². The highest BCUT2D eigenvalue weighted by atomic mass is 16.6. The molecule has 0 aliphatic carbocycles. The molecule has 0 bridgehead atoms. The number of nitrogens with zero attached hydrogens (tertiary/aromatic N) is 2. The quantitative estimate of drug-likeness (QED) is 0.518. The highest BCUT2D eigenvalue weighted by Gasteiger charge is 2.19. The average Bonchev–Trinajstić information content (AvgIpc) is 2.58. The van der Waals surface area contributed by atoms with Gasteiger partial charge >= 0.3 is 0 Å². The Hall–Kier alpha value is -3.02. The molecule has 2 rings (SSSR count). The van der Waals surface area contributed by atoms with Gasteiger partial charge in [-0.2, -0.15) is 5.10 Å². The van der Waals surface area contributed by atoms with Gasteiger partial charge in [0.05, 0.1) is 10.6 Å². The van der Waals surface area contributed by atoms with Crippen LogP contribution in [0.3, 0.4) is 0 Å². The lowest BCUT2D eigenvalue weighted by atomic mass is 9.86. The Kier molecular flexibility index (Phi) is 5.32. The molecule has 0 spiro atoms. The molecule has 0 atom stereocenters. The maximum absolute atomic E-state index is 12.2. The van der Waals surface area contributed by atoms with E-state index in [1.807, 2.05) is 24.3 Å². The minimum Gasteiger partial charge on any atom is -0.267 e. The van der Waals surface area contributed by atoms with Crippen LogP contribution in [-0.4, -0.2) is 16.5 Å². The second-order valence-corrected chi connectivity index (χ2v) is 6.74. The molecule has 2 aromatic rings. The van der Waals surface area contributed by atoms with E-state index in [1.165, 1.54) is 23.8 Å². The van der Waals surface area contributed by atoms with Crippen molar-refractivity contribution < 1.29 is 9.72 Å². The molecule has 0 aliphatic rings. The molecule has 0 aliphatic heterocycles. The number of nitrogens with one attached hydrogen (secondary N) is 1. The number of benzene rings is 2. The molecule has 1 N–H and O–H groups in total. The molecule has 0 saturated carbocycles. The fourth-order valence-electron chi connectivity index (χ4n) is 2.30. The number of hydrogen-bond acceptors (Lipinski definition) is 4. The van der Waals surface area contributed by atoms with Gasteiger partial charge in [0.15, 0.2) is 0 Å². The first-order valence-electron chi connectivity index (χ1n) is 7.89. The second kappa shape index (κ2) is 7.25. The van der Waals surface area contributed by atoms with Crippen molar-refractivity contribution in [1.29, 1.82) is 0 Å². The Morgan fingerprint density at radius 3 is 2.24 bits per heavy atom. The first-order valence-corrected chi connectivity index (χ1v) is 7.89. The molecule has 1 amide bonds. The largest absolute Gasteiger partial charge is 0.282 e. The summed E-state index contributed by atoms with van der Waals surface area (Å²) in [5.74, 6) is -0.613. The van der Waals surface area contributed by atoms with Crippen LogP contribution in [0.5, 0.6) is 0 Å². The number of nitro benzene ring substituents is 1. The summed E-state index contributed by atoms with van der Waals surface area (Å²) in [5, 5.41) is 15.0. The van der Waals surface area contributed by atoms with Crippen LogP contribution in [0.25, 0.3) is 0 Å². The predicted molar refractivity (Wildman–Crippen MR) is 97.9 cm³/mol. The number of hydrazone groups is 1. The van der Waals surface area contributed by atoms with E-state index >= 15 is 0 Å². The number of rotatable bonds is 4. The van der Waals surface area contributed by atoms with E-state index in [-0.39, 0.29) is 16.7 Å². The number of para-hydroxylation sites is 1. The van der Waals surface area contributed by atoms with Crippen LogP contribution >= 0.6 is 0 Å². The molecule has 0 radical (unpaired) electrons. The smallest absolute Gasteiger partial charge is 0.267 e. The molecule has 0 aromatic heterocycles. The summed E-state index contributed by atoms with van der Waals surface area (Å²) < 4.78 is 0. The third-order valence-corrected chi connectivity index (χ3v) is 3.84. The van der Waals surface area contributed by atoms with Crippen molar-refractivity contribution in [3.05, 3.63) is 75.3 Å². The topological polar surface area (TPSA) is 84.6 Å². The summed E-state index contributed by atoms with van der Waals surface area (Å²) in [7, 11) is 0. The maximum Gasteiger partial charge on any atom is 0.282 e. The van der Waals surface area contributed by atoms with E-state index in [2.05, 4.69) is 31.3 Å². The van der Waals surface area contributed by atoms with Crippen molar-refractivity contribution in [2.24, 2.45) is 5.10 Å². The number of carbonyl (C=O) groups is 1. The van der Waals surface area contributed by atoms with Crippen molar-refractivity contribution >= 4 is 17.3 Å². The van der Waals surface area contributed by atoms with Crippen molar-refractivity contribution in [2.45, 2.75) is 33.1 Å². The second-order valence-electron chi connectivity index (χ2n) is 6.74. The molecule has 130 valence electrons. The SMILES string of the molecule is C/C(=N/NC(=O)c1ccccc1[N+](=O)[O-])c1ccc(C(C)(C)C)cc1.